The van der Waals surface area contributed by atoms with Gasteiger partial charge in [0.25, 0.3) is 5.91 Å². The average Bonchev–Trinajstić information content (AvgIpc) is 2.86. The maximum Gasteiger partial charge on any atom is 0.325 e. The maximum atomic E-state index is 13.0. The molecule has 140 valence electrons. The fourth-order valence-corrected chi connectivity index (χ4v) is 3.63. The molecular formula is C19H17Cl2N3O3. The Kier molecular flexibility index (Phi) is 5.39. The van der Waals surface area contributed by atoms with E-state index < -0.39 is 29.9 Å². The lowest BCUT2D eigenvalue weighted by Crippen LogP contribution is -2.44. The van der Waals surface area contributed by atoms with E-state index in [4.69, 9.17) is 23.2 Å². The van der Waals surface area contributed by atoms with Gasteiger partial charge in [-0.2, -0.15) is 0 Å². The number of benzene rings is 2. The molecule has 3 rings (SSSR count). The summed E-state index contributed by atoms with van der Waals surface area (Å²) < 4.78 is 0. The third-order valence-corrected chi connectivity index (χ3v) is 4.86. The Bertz CT molecular complexity index is 884. The Hall–Kier alpha value is -2.57. The summed E-state index contributed by atoms with van der Waals surface area (Å²) in [5, 5.41) is 6.06. The molecule has 0 radical (unpaired) electrons. The third-order valence-electron chi connectivity index (χ3n) is 4.42. The van der Waals surface area contributed by atoms with Crippen molar-refractivity contribution in [2.24, 2.45) is 0 Å². The van der Waals surface area contributed by atoms with Crippen LogP contribution >= 0.6 is 23.2 Å². The lowest BCUT2D eigenvalue weighted by atomic mass is 9.87. The van der Waals surface area contributed by atoms with Gasteiger partial charge < -0.3 is 10.6 Å². The van der Waals surface area contributed by atoms with Crippen LogP contribution in [-0.4, -0.2) is 29.3 Å². The van der Waals surface area contributed by atoms with Crippen molar-refractivity contribution in [2.45, 2.75) is 18.9 Å². The normalized spacial score (nSPS) is 19.1. The fourth-order valence-electron chi connectivity index (χ4n) is 3.10. The molecule has 0 aromatic heterocycles. The van der Waals surface area contributed by atoms with Crippen LogP contribution in [-0.2, 0) is 15.1 Å². The van der Waals surface area contributed by atoms with Crippen molar-refractivity contribution in [3.8, 4) is 0 Å². The monoisotopic (exact) mass is 405 g/mol. The second-order valence-electron chi connectivity index (χ2n) is 6.15. The zero-order valence-electron chi connectivity index (χ0n) is 14.5. The van der Waals surface area contributed by atoms with Crippen molar-refractivity contribution < 1.29 is 14.4 Å². The van der Waals surface area contributed by atoms with Crippen LogP contribution in [0.25, 0.3) is 0 Å². The number of carbonyl (C=O) groups excluding carboxylic acids is 3. The first kappa shape index (κ1) is 19.2. The summed E-state index contributed by atoms with van der Waals surface area (Å²) in [7, 11) is 0. The minimum absolute atomic E-state index is 0.363. The predicted molar refractivity (Wildman–Crippen MR) is 104 cm³/mol. The van der Waals surface area contributed by atoms with Gasteiger partial charge in [0.15, 0.2) is 0 Å². The highest BCUT2D eigenvalue weighted by molar-refractivity contribution is 6.35. The first-order valence-electron chi connectivity index (χ1n) is 8.31. The van der Waals surface area contributed by atoms with E-state index in [1.165, 1.54) is 18.2 Å². The van der Waals surface area contributed by atoms with Crippen molar-refractivity contribution >= 4 is 46.7 Å². The van der Waals surface area contributed by atoms with Crippen molar-refractivity contribution in [2.75, 3.05) is 11.9 Å². The van der Waals surface area contributed by atoms with Gasteiger partial charge in [0.1, 0.15) is 12.1 Å². The van der Waals surface area contributed by atoms with Gasteiger partial charge in [0, 0.05) is 15.7 Å². The van der Waals surface area contributed by atoms with E-state index in [0.717, 1.165) is 4.90 Å². The van der Waals surface area contributed by atoms with Crippen LogP contribution in [0.2, 0.25) is 10.0 Å². The zero-order chi connectivity index (χ0) is 19.6. The number of imide groups is 1. The predicted octanol–water partition coefficient (Wildman–Crippen LogP) is 3.79. The lowest BCUT2D eigenvalue weighted by Gasteiger charge is -2.25. The van der Waals surface area contributed by atoms with E-state index in [-0.39, 0.29) is 0 Å². The van der Waals surface area contributed by atoms with Crippen molar-refractivity contribution in [1.29, 1.82) is 0 Å². The van der Waals surface area contributed by atoms with Crippen LogP contribution in [0.1, 0.15) is 18.9 Å². The van der Waals surface area contributed by atoms with Gasteiger partial charge in [-0.1, -0.05) is 60.5 Å². The minimum atomic E-state index is -1.17. The number of halogens is 2. The van der Waals surface area contributed by atoms with Crippen LogP contribution in [0, 0.1) is 0 Å². The van der Waals surface area contributed by atoms with E-state index in [2.05, 4.69) is 10.6 Å². The zero-order valence-corrected chi connectivity index (χ0v) is 16.0. The Morgan fingerprint density at radius 1 is 1.11 bits per heavy atom. The minimum Gasteiger partial charge on any atom is -0.324 e. The molecular weight excluding hydrogens is 389 g/mol. The van der Waals surface area contributed by atoms with E-state index >= 15 is 0 Å². The number of urea groups is 1. The first-order valence-corrected chi connectivity index (χ1v) is 9.07. The van der Waals surface area contributed by atoms with E-state index in [1.54, 1.807) is 24.3 Å². The van der Waals surface area contributed by atoms with Crippen LogP contribution in [0.15, 0.2) is 48.5 Å². The van der Waals surface area contributed by atoms with Crippen LogP contribution < -0.4 is 10.6 Å². The topological polar surface area (TPSA) is 78.5 Å². The van der Waals surface area contributed by atoms with Gasteiger partial charge >= 0.3 is 6.03 Å². The molecule has 1 atom stereocenters. The number of rotatable bonds is 5. The van der Waals surface area contributed by atoms with Gasteiger partial charge in [0.05, 0.1) is 0 Å². The fraction of sp³-hybridized carbons (Fsp3) is 0.211. The smallest absolute Gasteiger partial charge is 0.324 e. The molecule has 0 saturated carbocycles. The molecule has 0 bridgehead atoms. The SMILES string of the molecule is CCC1(c2ccccc2)NC(=O)N(CC(=O)Nc2cc(Cl)cc(Cl)c2)C1=O. The molecule has 1 aliphatic heterocycles. The molecule has 0 aliphatic carbocycles. The highest BCUT2D eigenvalue weighted by Gasteiger charge is 2.51. The molecule has 8 heteroatoms. The van der Waals surface area contributed by atoms with Gasteiger partial charge in [-0.3, -0.25) is 14.5 Å². The Labute approximate surface area is 166 Å². The number of nitrogens with one attached hydrogen (secondary N) is 2. The summed E-state index contributed by atoms with van der Waals surface area (Å²) in [4.78, 5) is 38.6. The second-order valence-corrected chi connectivity index (χ2v) is 7.03. The molecule has 27 heavy (non-hydrogen) atoms. The van der Waals surface area contributed by atoms with Crippen molar-refractivity contribution in [1.82, 2.24) is 10.2 Å². The number of hydrogen-bond donors (Lipinski definition) is 2. The molecule has 0 spiro atoms. The molecule has 2 N–H and O–H groups in total. The Balaban J connectivity index is 1.78. The summed E-state index contributed by atoms with van der Waals surface area (Å²) in [6.07, 6.45) is 0.365. The maximum absolute atomic E-state index is 13.0. The summed E-state index contributed by atoms with van der Waals surface area (Å²) >= 11 is 11.8. The van der Waals surface area contributed by atoms with Gasteiger partial charge in [-0.15, -0.1) is 0 Å². The number of anilines is 1. The highest BCUT2D eigenvalue weighted by atomic mass is 35.5. The highest BCUT2D eigenvalue weighted by Crippen LogP contribution is 2.32. The van der Waals surface area contributed by atoms with Gasteiger partial charge in [-0.05, 0) is 30.2 Å². The largest absolute Gasteiger partial charge is 0.325 e. The molecule has 1 fully saturated rings. The standard InChI is InChI=1S/C19H17Cl2N3O3/c1-2-19(12-6-4-3-5-7-12)17(26)24(18(27)23-19)11-16(25)22-15-9-13(20)8-14(21)10-15/h3-10H,2,11H2,1H3,(H,22,25)(H,23,27). The molecule has 6 nitrogen and oxygen atoms in total. The number of hydrogen-bond acceptors (Lipinski definition) is 3. The van der Waals surface area contributed by atoms with Crippen LogP contribution in [0.3, 0.4) is 0 Å². The van der Waals surface area contributed by atoms with Gasteiger partial charge in [0.2, 0.25) is 5.91 Å². The van der Waals surface area contributed by atoms with Crippen molar-refractivity contribution in [3.05, 3.63) is 64.1 Å². The van der Waals surface area contributed by atoms with Crippen molar-refractivity contribution in [3.63, 3.8) is 0 Å². The van der Waals surface area contributed by atoms with E-state index in [1.807, 2.05) is 13.0 Å². The summed E-state index contributed by atoms with van der Waals surface area (Å²) in [5.41, 5.74) is -0.109. The van der Waals surface area contributed by atoms with E-state index in [9.17, 15) is 14.4 Å². The van der Waals surface area contributed by atoms with Gasteiger partial charge in [-0.25, -0.2) is 4.79 Å². The lowest BCUT2D eigenvalue weighted by molar-refractivity contribution is -0.134. The molecule has 1 unspecified atom stereocenters. The summed E-state index contributed by atoms with van der Waals surface area (Å²) in [6, 6.07) is 13.0. The third kappa shape index (κ3) is 3.77. The molecule has 1 heterocycles. The molecule has 2 aromatic carbocycles. The molecule has 1 aliphatic rings. The average molecular weight is 406 g/mol. The quantitative estimate of drug-likeness (QED) is 0.742. The molecule has 1 saturated heterocycles. The number of carbonyl (C=O) groups is 3. The summed E-state index contributed by atoms with van der Waals surface area (Å²) in [6.45, 7) is 1.39. The Morgan fingerprint density at radius 2 is 1.74 bits per heavy atom. The van der Waals surface area contributed by atoms with Crippen LogP contribution in [0.5, 0.6) is 0 Å². The number of nitrogens with zero attached hydrogens (tertiary/aromatic N) is 1. The molecule has 4 amide bonds. The number of amides is 4. The first-order chi connectivity index (χ1) is 12.9. The van der Waals surface area contributed by atoms with E-state index in [0.29, 0.717) is 27.7 Å². The van der Waals surface area contributed by atoms with Crippen LogP contribution in [0.4, 0.5) is 10.5 Å². The summed E-state index contributed by atoms with van der Waals surface area (Å²) in [5.74, 6) is -0.989. The Morgan fingerprint density at radius 3 is 2.33 bits per heavy atom. The molecule has 2 aromatic rings. The second kappa shape index (κ2) is 7.58.